The average Bonchev–Trinajstić information content (AvgIpc) is 3.03. The highest BCUT2D eigenvalue weighted by molar-refractivity contribution is 7.23. The van der Waals surface area contributed by atoms with E-state index in [9.17, 15) is 9.59 Å². The van der Waals surface area contributed by atoms with Crippen LogP contribution < -0.4 is 5.56 Å². The second-order valence-electron chi connectivity index (χ2n) is 5.77. The molecular formula is C20H13ClN2O3S. The van der Waals surface area contributed by atoms with Crippen molar-refractivity contribution in [3.05, 3.63) is 87.3 Å². The Labute approximate surface area is 163 Å². The van der Waals surface area contributed by atoms with E-state index in [4.69, 9.17) is 16.3 Å². The highest BCUT2D eigenvalue weighted by Gasteiger charge is 2.10. The number of carbonyl (C=O) groups excluding carboxylic acids is 1. The summed E-state index contributed by atoms with van der Waals surface area (Å²) in [5.74, 6) is -0.520. The summed E-state index contributed by atoms with van der Waals surface area (Å²) < 4.78 is 7.73. The summed E-state index contributed by atoms with van der Waals surface area (Å²) in [7, 11) is 0. The summed E-state index contributed by atoms with van der Waals surface area (Å²) in [6.07, 6.45) is 2.93. The van der Waals surface area contributed by atoms with Crippen molar-refractivity contribution in [1.29, 1.82) is 0 Å². The number of thiazole rings is 1. The minimum Gasteiger partial charge on any atom is -0.456 e. The summed E-state index contributed by atoms with van der Waals surface area (Å²) >= 11 is 7.32. The van der Waals surface area contributed by atoms with Crippen LogP contribution in [0.3, 0.4) is 0 Å². The van der Waals surface area contributed by atoms with Gasteiger partial charge in [-0.25, -0.2) is 9.78 Å². The normalized spacial score (nSPS) is 11.4. The molecule has 2 heterocycles. The number of benzene rings is 2. The molecular weight excluding hydrogens is 384 g/mol. The molecule has 0 aliphatic rings. The van der Waals surface area contributed by atoms with E-state index in [-0.39, 0.29) is 12.2 Å². The molecule has 0 radical (unpaired) electrons. The van der Waals surface area contributed by atoms with E-state index in [0.717, 1.165) is 15.8 Å². The second kappa shape index (κ2) is 7.34. The molecule has 134 valence electrons. The first-order chi connectivity index (χ1) is 13.1. The molecule has 5 nitrogen and oxygen atoms in total. The van der Waals surface area contributed by atoms with Crippen LogP contribution in [0.15, 0.2) is 65.5 Å². The van der Waals surface area contributed by atoms with E-state index in [1.807, 2.05) is 30.3 Å². The van der Waals surface area contributed by atoms with Crippen molar-refractivity contribution in [2.75, 3.05) is 0 Å². The Morgan fingerprint density at radius 3 is 2.89 bits per heavy atom. The minimum absolute atomic E-state index is 0.0707. The Hall–Kier alpha value is -2.96. The molecule has 0 spiro atoms. The zero-order valence-electron chi connectivity index (χ0n) is 14.0. The van der Waals surface area contributed by atoms with E-state index in [0.29, 0.717) is 15.7 Å². The van der Waals surface area contributed by atoms with E-state index in [2.05, 4.69) is 4.98 Å². The lowest BCUT2D eigenvalue weighted by molar-refractivity contribution is -0.139. The first kappa shape index (κ1) is 17.5. The Balaban J connectivity index is 1.51. The van der Waals surface area contributed by atoms with Gasteiger partial charge in [0.1, 0.15) is 6.61 Å². The highest BCUT2D eigenvalue weighted by Crippen LogP contribution is 2.23. The number of ether oxygens (including phenoxy) is 1. The van der Waals surface area contributed by atoms with Crippen LogP contribution in [0.5, 0.6) is 0 Å². The first-order valence-corrected chi connectivity index (χ1v) is 9.30. The van der Waals surface area contributed by atoms with Crippen LogP contribution in [0.25, 0.3) is 21.3 Å². The molecule has 0 saturated heterocycles. The van der Waals surface area contributed by atoms with E-state index in [1.54, 1.807) is 28.7 Å². The molecule has 2 aromatic heterocycles. The zero-order chi connectivity index (χ0) is 18.8. The fourth-order valence-corrected chi connectivity index (χ4v) is 3.91. The first-order valence-electron chi connectivity index (χ1n) is 8.11. The minimum atomic E-state index is -0.520. The molecule has 0 aliphatic heterocycles. The van der Waals surface area contributed by atoms with Gasteiger partial charge < -0.3 is 4.74 Å². The van der Waals surface area contributed by atoms with Gasteiger partial charge in [-0.3, -0.25) is 9.20 Å². The fraction of sp³-hybridized carbons (Fsp3) is 0.0500. The number of aromatic nitrogens is 2. The van der Waals surface area contributed by atoms with Crippen LogP contribution in [0.1, 0.15) is 11.3 Å². The Kier molecular flexibility index (Phi) is 4.75. The fourth-order valence-electron chi connectivity index (χ4n) is 2.66. The van der Waals surface area contributed by atoms with Crippen LogP contribution in [0.4, 0.5) is 0 Å². The molecule has 0 aliphatic carbocycles. The van der Waals surface area contributed by atoms with E-state index < -0.39 is 5.97 Å². The third kappa shape index (κ3) is 3.77. The molecule has 0 N–H and O–H groups in total. The van der Waals surface area contributed by atoms with Crippen LogP contribution in [-0.2, 0) is 16.1 Å². The van der Waals surface area contributed by atoms with Crippen LogP contribution >= 0.6 is 22.9 Å². The van der Waals surface area contributed by atoms with Crippen molar-refractivity contribution in [3.8, 4) is 0 Å². The van der Waals surface area contributed by atoms with Crippen molar-refractivity contribution < 1.29 is 9.53 Å². The predicted octanol–water partition coefficient (Wildman–Crippen LogP) is 4.32. The molecule has 0 amide bonds. The highest BCUT2D eigenvalue weighted by atomic mass is 35.5. The smallest absolute Gasteiger partial charge is 0.331 e. The standard InChI is InChI=1S/C20H13ClN2O3S/c21-14-5-3-4-13(10-14)8-9-19(25)26-12-15-11-18(24)23-16-6-1-2-7-17(16)27-20(23)22-15/h1-11H,12H2/b9-8+. The van der Waals surface area contributed by atoms with Crippen molar-refractivity contribution in [2.45, 2.75) is 6.61 Å². The molecule has 2 aromatic carbocycles. The summed E-state index contributed by atoms with van der Waals surface area (Å²) in [6, 6.07) is 16.1. The van der Waals surface area contributed by atoms with Gasteiger partial charge in [-0.1, -0.05) is 47.2 Å². The lowest BCUT2D eigenvalue weighted by Crippen LogP contribution is -2.14. The maximum atomic E-state index is 12.4. The molecule has 0 fully saturated rings. The number of carbonyl (C=O) groups is 1. The molecule has 7 heteroatoms. The summed E-state index contributed by atoms with van der Waals surface area (Å²) in [5.41, 5.74) is 1.83. The van der Waals surface area contributed by atoms with Crippen LogP contribution in [-0.4, -0.2) is 15.4 Å². The molecule has 4 rings (SSSR count). The van der Waals surface area contributed by atoms with Gasteiger partial charge in [0.05, 0.1) is 15.9 Å². The summed E-state index contributed by atoms with van der Waals surface area (Å²) in [4.78, 5) is 29.3. The maximum Gasteiger partial charge on any atom is 0.331 e. The van der Waals surface area contributed by atoms with Gasteiger partial charge in [-0.15, -0.1) is 0 Å². The van der Waals surface area contributed by atoms with Gasteiger partial charge in [0.25, 0.3) is 5.56 Å². The van der Waals surface area contributed by atoms with Gasteiger partial charge >= 0.3 is 5.97 Å². The summed E-state index contributed by atoms with van der Waals surface area (Å²) in [5, 5.41) is 0.590. The van der Waals surface area contributed by atoms with Crippen molar-refractivity contribution >= 4 is 50.2 Å². The second-order valence-corrected chi connectivity index (χ2v) is 7.22. The number of halogens is 1. The van der Waals surface area contributed by atoms with Gasteiger partial charge in [-0.05, 0) is 35.9 Å². The van der Waals surface area contributed by atoms with Gasteiger partial charge in [-0.2, -0.15) is 0 Å². The van der Waals surface area contributed by atoms with Crippen LogP contribution in [0.2, 0.25) is 5.02 Å². The number of esters is 1. The number of para-hydroxylation sites is 1. The predicted molar refractivity (Wildman–Crippen MR) is 107 cm³/mol. The van der Waals surface area contributed by atoms with Crippen molar-refractivity contribution in [2.24, 2.45) is 0 Å². The van der Waals surface area contributed by atoms with Crippen molar-refractivity contribution in [3.63, 3.8) is 0 Å². The largest absolute Gasteiger partial charge is 0.456 e. The summed E-state index contributed by atoms with van der Waals surface area (Å²) in [6.45, 7) is -0.0707. The van der Waals surface area contributed by atoms with Gasteiger partial charge in [0.2, 0.25) is 0 Å². The third-order valence-corrected chi connectivity index (χ3v) is 5.13. The molecule has 27 heavy (non-hydrogen) atoms. The molecule has 4 aromatic rings. The van der Waals surface area contributed by atoms with Gasteiger partial charge in [0, 0.05) is 17.2 Å². The lowest BCUT2D eigenvalue weighted by Gasteiger charge is -2.02. The number of rotatable bonds is 4. The Morgan fingerprint density at radius 2 is 2.04 bits per heavy atom. The van der Waals surface area contributed by atoms with Gasteiger partial charge in [0.15, 0.2) is 4.96 Å². The molecule has 0 atom stereocenters. The third-order valence-electron chi connectivity index (χ3n) is 3.87. The number of hydrogen-bond donors (Lipinski definition) is 0. The number of nitrogens with zero attached hydrogens (tertiary/aromatic N) is 2. The maximum absolute atomic E-state index is 12.4. The SMILES string of the molecule is O=C(/C=C/c1cccc(Cl)c1)OCc1cc(=O)n2c(n1)sc1ccccc12. The quantitative estimate of drug-likeness (QED) is 0.380. The Morgan fingerprint density at radius 1 is 1.19 bits per heavy atom. The number of fused-ring (bicyclic) bond motifs is 3. The van der Waals surface area contributed by atoms with E-state index in [1.165, 1.54) is 23.5 Å². The zero-order valence-corrected chi connectivity index (χ0v) is 15.5. The molecule has 0 unspecified atom stereocenters. The topological polar surface area (TPSA) is 60.7 Å². The molecule has 0 bridgehead atoms. The Bertz CT molecular complexity index is 1240. The molecule has 0 saturated carbocycles. The number of hydrogen-bond acceptors (Lipinski definition) is 5. The lowest BCUT2D eigenvalue weighted by atomic mass is 10.2. The van der Waals surface area contributed by atoms with Crippen molar-refractivity contribution in [1.82, 2.24) is 9.38 Å². The monoisotopic (exact) mass is 396 g/mol. The van der Waals surface area contributed by atoms with Crippen LogP contribution in [0, 0.1) is 0 Å². The average molecular weight is 397 g/mol. The van der Waals surface area contributed by atoms with E-state index >= 15 is 0 Å².